The van der Waals surface area contributed by atoms with Crippen molar-refractivity contribution in [3.8, 4) is 11.5 Å². The van der Waals surface area contributed by atoms with Gasteiger partial charge in [0.2, 0.25) is 5.52 Å². The lowest BCUT2D eigenvalue weighted by Gasteiger charge is -2.19. The zero-order chi connectivity index (χ0) is 22.7. The molecule has 5 nitrogen and oxygen atoms in total. The van der Waals surface area contributed by atoms with Gasteiger partial charge in [-0.05, 0) is 42.8 Å². The van der Waals surface area contributed by atoms with E-state index in [9.17, 15) is 9.50 Å². The van der Waals surface area contributed by atoms with E-state index >= 15 is 0 Å². The van der Waals surface area contributed by atoms with Crippen molar-refractivity contribution in [3.63, 3.8) is 0 Å². The van der Waals surface area contributed by atoms with Crippen LogP contribution in [0.1, 0.15) is 11.9 Å². The lowest BCUT2D eigenvalue weighted by atomic mass is 10.2. The van der Waals surface area contributed by atoms with Gasteiger partial charge in [-0.2, -0.15) is 4.57 Å². The summed E-state index contributed by atoms with van der Waals surface area (Å²) in [6.07, 6.45) is 4.19. The fraction of sp³-hybridized carbons (Fsp3) is 0.292. The number of aliphatic hydroxyl groups is 1. The highest BCUT2D eigenvalue weighted by atomic mass is 32.2. The van der Waals surface area contributed by atoms with Crippen LogP contribution in [0.5, 0.6) is 11.5 Å². The number of aromatic nitrogens is 1. The number of thiazole rings is 1. The first-order valence-corrected chi connectivity index (χ1v) is 11.9. The average molecular weight is 473 g/mol. The van der Waals surface area contributed by atoms with Gasteiger partial charge in [0.15, 0.2) is 6.54 Å². The van der Waals surface area contributed by atoms with E-state index in [1.165, 1.54) is 0 Å². The SMILES string of the molecule is COc1ccc2c(c1)N(CC[18F])/C(=C/C(C)=C/c1sc3ccc(OC)cc3[n+]1CCO)S2. The molecule has 32 heavy (non-hydrogen) atoms. The van der Waals surface area contributed by atoms with Gasteiger partial charge in [0.25, 0.3) is 5.01 Å². The van der Waals surface area contributed by atoms with E-state index in [1.807, 2.05) is 48.2 Å². The molecule has 0 atom stereocenters. The molecule has 0 saturated carbocycles. The van der Waals surface area contributed by atoms with Crippen molar-refractivity contribution in [2.45, 2.75) is 18.4 Å². The molecule has 2 aromatic carbocycles. The number of nitrogens with zero attached hydrogens (tertiary/aromatic N) is 2. The highest BCUT2D eigenvalue weighted by molar-refractivity contribution is 8.03. The molecule has 0 spiro atoms. The zero-order valence-electron chi connectivity index (χ0n) is 18.3. The fourth-order valence-electron chi connectivity index (χ4n) is 3.71. The summed E-state index contributed by atoms with van der Waals surface area (Å²) in [6, 6.07) is 11.9. The molecule has 1 aromatic heterocycles. The van der Waals surface area contributed by atoms with Crippen LogP contribution in [0.25, 0.3) is 16.3 Å². The third-order valence-electron chi connectivity index (χ3n) is 5.21. The summed E-state index contributed by atoms with van der Waals surface area (Å²) < 4.78 is 27.3. The topological polar surface area (TPSA) is 45.8 Å². The Morgan fingerprint density at radius 2 is 1.91 bits per heavy atom. The number of hydrogen-bond donors (Lipinski definition) is 1. The minimum atomic E-state index is -0.439. The van der Waals surface area contributed by atoms with Crippen molar-refractivity contribution < 1.29 is 23.5 Å². The second kappa shape index (κ2) is 9.94. The molecule has 0 fully saturated rings. The number of allylic oxidation sites excluding steroid dienone is 2. The third-order valence-corrected chi connectivity index (χ3v) is 7.43. The molecule has 8 heteroatoms. The molecule has 0 amide bonds. The molecule has 1 aliphatic heterocycles. The van der Waals surface area contributed by atoms with Crippen molar-refractivity contribution in [1.82, 2.24) is 0 Å². The molecule has 1 N–H and O–H groups in total. The number of anilines is 1. The molecule has 3 aromatic rings. The number of thioether (sulfide) groups is 1. The summed E-state index contributed by atoms with van der Waals surface area (Å²) >= 11 is 3.30. The van der Waals surface area contributed by atoms with Crippen LogP contribution < -0.4 is 18.9 Å². The number of alkyl halides is 1. The lowest BCUT2D eigenvalue weighted by molar-refractivity contribution is -0.670. The third kappa shape index (κ3) is 4.48. The maximum Gasteiger partial charge on any atom is 0.263 e. The Balaban J connectivity index is 1.71. The summed E-state index contributed by atoms with van der Waals surface area (Å²) in [5, 5.41) is 11.6. The molecule has 0 radical (unpaired) electrons. The van der Waals surface area contributed by atoms with Crippen LogP contribution in [-0.2, 0) is 6.54 Å². The molecule has 0 unspecified atom stereocenters. The van der Waals surface area contributed by atoms with Crippen LogP contribution in [0.15, 0.2) is 58.0 Å². The van der Waals surface area contributed by atoms with E-state index in [0.717, 1.165) is 47.9 Å². The van der Waals surface area contributed by atoms with Crippen molar-refractivity contribution in [3.05, 3.63) is 58.1 Å². The predicted molar refractivity (Wildman–Crippen MR) is 130 cm³/mol. The molecular weight excluding hydrogens is 446 g/mol. The van der Waals surface area contributed by atoms with Gasteiger partial charge in [-0.3, -0.25) is 0 Å². The Morgan fingerprint density at radius 1 is 1.16 bits per heavy atom. The largest absolute Gasteiger partial charge is 0.497 e. The van der Waals surface area contributed by atoms with Crippen LogP contribution >= 0.6 is 23.1 Å². The summed E-state index contributed by atoms with van der Waals surface area (Å²) in [7, 11) is 3.28. The van der Waals surface area contributed by atoms with E-state index in [2.05, 4.69) is 16.7 Å². The van der Waals surface area contributed by atoms with Crippen LogP contribution in [0, 0.1) is 0 Å². The molecule has 1 aliphatic rings. The Labute approximate surface area is 195 Å². The summed E-state index contributed by atoms with van der Waals surface area (Å²) in [5.41, 5.74) is 3.04. The van der Waals surface area contributed by atoms with Gasteiger partial charge < -0.3 is 19.5 Å². The number of rotatable bonds is 8. The van der Waals surface area contributed by atoms with Gasteiger partial charge in [-0.1, -0.05) is 23.1 Å². The number of benzene rings is 2. The first kappa shape index (κ1) is 22.6. The average Bonchev–Trinajstić information content (AvgIpc) is 3.31. The maximum absolute atomic E-state index is 13.3. The van der Waals surface area contributed by atoms with Crippen molar-refractivity contribution in [2.75, 3.05) is 38.9 Å². The zero-order valence-corrected chi connectivity index (χ0v) is 19.9. The second-order valence-electron chi connectivity index (χ2n) is 7.30. The Hall–Kier alpha value is -2.55. The summed E-state index contributed by atoms with van der Waals surface area (Å²) in [4.78, 5) is 3.08. The molecule has 168 valence electrons. The number of fused-ring (bicyclic) bond motifs is 2. The monoisotopic (exact) mass is 472 g/mol. The van der Waals surface area contributed by atoms with Crippen molar-refractivity contribution in [1.29, 1.82) is 0 Å². The fourth-order valence-corrected chi connectivity index (χ4v) is 6.07. The van der Waals surface area contributed by atoms with Gasteiger partial charge >= 0.3 is 0 Å². The van der Waals surface area contributed by atoms with E-state index in [0.29, 0.717) is 13.1 Å². The number of hydrogen-bond acceptors (Lipinski definition) is 6. The molecule has 0 bridgehead atoms. The molecule has 4 rings (SSSR count). The lowest BCUT2D eigenvalue weighted by Crippen LogP contribution is -2.36. The molecular formula is C24H26FN2O3S2+. The van der Waals surface area contributed by atoms with Crippen LogP contribution in [-0.4, -0.2) is 39.2 Å². The van der Waals surface area contributed by atoms with Gasteiger partial charge in [0.1, 0.15) is 29.5 Å². The minimum absolute atomic E-state index is 0.0476. The van der Waals surface area contributed by atoms with Gasteiger partial charge in [-0.25, -0.2) is 4.39 Å². The number of methoxy groups -OCH3 is 2. The van der Waals surface area contributed by atoms with Crippen LogP contribution in [0.4, 0.5) is 10.1 Å². The number of aliphatic hydroxyl groups excluding tert-OH is 1. The van der Waals surface area contributed by atoms with E-state index in [4.69, 9.17) is 9.47 Å². The smallest absolute Gasteiger partial charge is 0.263 e. The Morgan fingerprint density at radius 3 is 2.62 bits per heavy atom. The minimum Gasteiger partial charge on any atom is -0.497 e. The van der Waals surface area contributed by atoms with E-state index < -0.39 is 6.67 Å². The van der Waals surface area contributed by atoms with Crippen LogP contribution in [0.2, 0.25) is 0 Å². The first-order chi connectivity index (χ1) is 15.6. The molecule has 0 saturated heterocycles. The Kier molecular flexibility index (Phi) is 7.03. The van der Waals surface area contributed by atoms with Crippen molar-refractivity contribution >= 4 is 45.1 Å². The molecule has 2 heterocycles. The maximum atomic E-state index is 13.3. The molecule has 0 aliphatic carbocycles. The number of halogens is 1. The highest BCUT2D eigenvalue weighted by Gasteiger charge is 2.26. The van der Waals surface area contributed by atoms with E-state index in [-0.39, 0.29) is 6.61 Å². The summed E-state index contributed by atoms with van der Waals surface area (Å²) in [6.45, 7) is 2.44. The van der Waals surface area contributed by atoms with Crippen molar-refractivity contribution in [2.24, 2.45) is 0 Å². The van der Waals surface area contributed by atoms with Gasteiger partial charge in [-0.15, -0.1) is 0 Å². The van der Waals surface area contributed by atoms with Gasteiger partial charge in [0, 0.05) is 17.0 Å². The quantitative estimate of drug-likeness (QED) is 0.466. The summed E-state index contributed by atoms with van der Waals surface area (Å²) in [5.74, 6) is 1.54. The standard InChI is InChI=1S/C24H26FN2O3S2/c1-16(12-23-26(9-8-25)19-14-17(29-2)4-6-21(19)31-23)13-24-27(10-11-28)20-15-18(30-3)5-7-22(20)32-24/h4-7,12-15,28H,8-11H2,1-3H3/q+1/i25-1. The Bertz CT molecular complexity index is 1190. The number of ether oxygens (including phenoxy) is 2. The first-order valence-electron chi connectivity index (χ1n) is 10.3. The van der Waals surface area contributed by atoms with E-state index in [1.54, 1.807) is 37.3 Å². The highest BCUT2D eigenvalue weighted by Crippen LogP contribution is 2.47. The predicted octanol–water partition coefficient (Wildman–Crippen LogP) is 5.02. The normalized spacial score (nSPS) is 15.0. The van der Waals surface area contributed by atoms with Crippen LogP contribution in [0.3, 0.4) is 0 Å². The van der Waals surface area contributed by atoms with Gasteiger partial charge in [0.05, 0.1) is 37.5 Å². The second-order valence-corrected chi connectivity index (χ2v) is 9.42.